The van der Waals surface area contributed by atoms with Gasteiger partial charge in [-0.3, -0.25) is 0 Å². The summed E-state index contributed by atoms with van der Waals surface area (Å²) < 4.78 is 5.85. The molecule has 0 radical (unpaired) electrons. The van der Waals surface area contributed by atoms with E-state index in [0.717, 1.165) is 17.1 Å². The van der Waals surface area contributed by atoms with Gasteiger partial charge < -0.3 is 15.0 Å². The highest BCUT2D eigenvalue weighted by Gasteiger charge is 2.25. The molecule has 1 aromatic carbocycles. The van der Waals surface area contributed by atoms with E-state index in [4.69, 9.17) is 4.74 Å². The first-order valence-electron chi connectivity index (χ1n) is 5.37. The lowest BCUT2D eigenvalue weighted by Crippen LogP contribution is -2.12. The Morgan fingerprint density at radius 1 is 1.33 bits per heavy atom. The molecule has 0 heterocycles. The molecule has 0 spiro atoms. The predicted molar refractivity (Wildman–Crippen MR) is 64.0 cm³/mol. The fourth-order valence-corrected chi connectivity index (χ4v) is 1.61. The Hall–Kier alpha value is -1.38. The Kier molecular flexibility index (Phi) is 2.71. The van der Waals surface area contributed by atoms with Crippen LogP contribution in [0.1, 0.15) is 12.8 Å². The molecule has 1 aliphatic carbocycles. The molecule has 1 aliphatic rings. The number of nitrogens with zero attached hydrogens (tertiary/aromatic N) is 1. The molecule has 3 heteroatoms. The monoisotopic (exact) mass is 206 g/mol. The molecule has 0 saturated heterocycles. The van der Waals surface area contributed by atoms with Gasteiger partial charge >= 0.3 is 0 Å². The molecule has 15 heavy (non-hydrogen) atoms. The van der Waals surface area contributed by atoms with Crippen LogP contribution < -0.4 is 15.0 Å². The van der Waals surface area contributed by atoms with Crippen LogP contribution in [0, 0.1) is 0 Å². The first-order chi connectivity index (χ1) is 7.22. The number of hydrogen-bond acceptors (Lipinski definition) is 3. The van der Waals surface area contributed by atoms with Crippen molar-refractivity contribution in [2.24, 2.45) is 0 Å². The van der Waals surface area contributed by atoms with Crippen LogP contribution in [-0.2, 0) is 0 Å². The minimum atomic E-state index is 0.439. The van der Waals surface area contributed by atoms with Gasteiger partial charge in [-0.2, -0.15) is 0 Å². The van der Waals surface area contributed by atoms with Crippen LogP contribution >= 0.6 is 0 Å². The molecule has 2 rings (SSSR count). The number of anilines is 2. The van der Waals surface area contributed by atoms with Crippen molar-refractivity contribution >= 4 is 11.4 Å². The number of nitrogens with one attached hydrogen (secondary N) is 1. The Morgan fingerprint density at radius 2 is 2.07 bits per heavy atom. The van der Waals surface area contributed by atoms with Crippen LogP contribution in [-0.4, -0.2) is 27.2 Å². The summed E-state index contributed by atoms with van der Waals surface area (Å²) in [6, 6.07) is 6.15. The number of benzene rings is 1. The second-order valence-corrected chi connectivity index (χ2v) is 4.11. The van der Waals surface area contributed by atoms with E-state index >= 15 is 0 Å². The molecule has 0 aromatic heterocycles. The Bertz CT molecular complexity index is 345. The number of ether oxygens (including phenoxy) is 1. The van der Waals surface area contributed by atoms with Crippen molar-refractivity contribution in [3.63, 3.8) is 0 Å². The number of rotatable bonds is 4. The lowest BCUT2D eigenvalue weighted by atomic mass is 10.2. The lowest BCUT2D eigenvalue weighted by Gasteiger charge is -2.20. The highest BCUT2D eigenvalue weighted by Crippen LogP contribution is 2.37. The van der Waals surface area contributed by atoms with Crippen molar-refractivity contribution in [2.75, 3.05) is 31.4 Å². The van der Waals surface area contributed by atoms with E-state index in [1.54, 1.807) is 0 Å². The van der Waals surface area contributed by atoms with Crippen molar-refractivity contribution < 1.29 is 4.74 Å². The molecule has 82 valence electrons. The molecule has 1 N–H and O–H groups in total. The van der Waals surface area contributed by atoms with E-state index in [-0.39, 0.29) is 0 Å². The number of hydrogen-bond donors (Lipinski definition) is 1. The van der Waals surface area contributed by atoms with Crippen LogP contribution in [0.25, 0.3) is 0 Å². The Labute approximate surface area is 91.0 Å². The fraction of sp³-hybridized carbons (Fsp3) is 0.500. The summed E-state index contributed by atoms with van der Waals surface area (Å²) in [6.45, 7) is 0. The molecule has 0 bridgehead atoms. The first-order valence-corrected chi connectivity index (χ1v) is 5.37. The summed E-state index contributed by atoms with van der Waals surface area (Å²) in [5.74, 6) is 0.964. The summed E-state index contributed by atoms with van der Waals surface area (Å²) >= 11 is 0. The van der Waals surface area contributed by atoms with Gasteiger partial charge in [-0.1, -0.05) is 6.07 Å². The standard InChI is InChI=1S/C12H18N2O/c1-13-12-10(14(2)3)5-4-6-11(12)15-9-7-8-9/h4-6,9,13H,7-8H2,1-3H3. The van der Waals surface area contributed by atoms with E-state index in [2.05, 4.69) is 16.3 Å². The van der Waals surface area contributed by atoms with Crippen molar-refractivity contribution in [1.82, 2.24) is 0 Å². The van der Waals surface area contributed by atoms with Gasteiger partial charge in [0.2, 0.25) is 0 Å². The third-order valence-electron chi connectivity index (χ3n) is 2.55. The number of para-hydroxylation sites is 1. The van der Waals surface area contributed by atoms with Crippen LogP contribution in [0.2, 0.25) is 0 Å². The molecular weight excluding hydrogens is 188 g/mol. The maximum Gasteiger partial charge on any atom is 0.144 e. The molecule has 1 saturated carbocycles. The van der Waals surface area contributed by atoms with E-state index in [1.807, 2.05) is 33.3 Å². The topological polar surface area (TPSA) is 24.5 Å². The van der Waals surface area contributed by atoms with Crippen LogP contribution in [0.15, 0.2) is 18.2 Å². The van der Waals surface area contributed by atoms with Gasteiger partial charge in [-0.25, -0.2) is 0 Å². The Morgan fingerprint density at radius 3 is 2.60 bits per heavy atom. The highest BCUT2D eigenvalue weighted by atomic mass is 16.5. The molecule has 1 fully saturated rings. The highest BCUT2D eigenvalue weighted by molar-refractivity contribution is 5.76. The van der Waals surface area contributed by atoms with Gasteiger partial charge in [0.1, 0.15) is 11.4 Å². The maximum absolute atomic E-state index is 5.85. The van der Waals surface area contributed by atoms with E-state index in [9.17, 15) is 0 Å². The third kappa shape index (κ3) is 2.17. The summed E-state index contributed by atoms with van der Waals surface area (Å²) in [4.78, 5) is 2.09. The summed E-state index contributed by atoms with van der Waals surface area (Å²) in [7, 11) is 6.01. The smallest absolute Gasteiger partial charge is 0.144 e. The van der Waals surface area contributed by atoms with Gasteiger partial charge in [-0.05, 0) is 25.0 Å². The van der Waals surface area contributed by atoms with Crippen molar-refractivity contribution in [3.05, 3.63) is 18.2 Å². The maximum atomic E-state index is 5.85. The zero-order chi connectivity index (χ0) is 10.8. The first kappa shape index (κ1) is 10.1. The summed E-state index contributed by atoms with van der Waals surface area (Å²) in [5.41, 5.74) is 2.24. The molecule has 0 atom stereocenters. The molecule has 0 amide bonds. The minimum absolute atomic E-state index is 0.439. The SMILES string of the molecule is CNc1c(OC2CC2)cccc1N(C)C. The molecule has 0 unspecified atom stereocenters. The van der Waals surface area contributed by atoms with Gasteiger partial charge in [0.15, 0.2) is 0 Å². The molecular formula is C12H18N2O. The quantitative estimate of drug-likeness (QED) is 0.818. The van der Waals surface area contributed by atoms with Crippen molar-refractivity contribution in [3.8, 4) is 5.75 Å². The zero-order valence-corrected chi connectivity index (χ0v) is 9.58. The second-order valence-electron chi connectivity index (χ2n) is 4.11. The average Bonchev–Trinajstić information content (AvgIpc) is 3.01. The normalized spacial score (nSPS) is 14.9. The fourth-order valence-electron chi connectivity index (χ4n) is 1.61. The van der Waals surface area contributed by atoms with Gasteiger partial charge in [-0.15, -0.1) is 0 Å². The molecule has 3 nitrogen and oxygen atoms in total. The summed E-state index contributed by atoms with van der Waals surface area (Å²) in [5, 5.41) is 3.21. The van der Waals surface area contributed by atoms with Crippen molar-refractivity contribution in [2.45, 2.75) is 18.9 Å². The van der Waals surface area contributed by atoms with Crippen LogP contribution in [0.4, 0.5) is 11.4 Å². The van der Waals surface area contributed by atoms with Gasteiger partial charge in [0.25, 0.3) is 0 Å². The van der Waals surface area contributed by atoms with E-state index in [0.29, 0.717) is 6.10 Å². The van der Waals surface area contributed by atoms with E-state index < -0.39 is 0 Å². The summed E-state index contributed by atoms with van der Waals surface area (Å²) in [6.07, 6.45) is 2.82. The molecule has 1 aromatic rings. The average molecular weight is 206 g/mol. The van der Waals surface area contributed by atoms with Gasteiger partial charge in [0.05, 0.1) is 11.8 Å². The third-order valence-corrected chi connectivity index (χ3v) is 2.55. The Balaban J connectivity index is 2.30. The van der Waals surface area contributed by atoms with Crippen LogP contribution in [0.5, 0.6) is 5.75 Å². The van der Waals surface area contributed by atoms with Crippen molar-refractivity contribution in [1.29, 1.82) is 0 Å². The lowest BCUT2D eigenvalue weighted by molar-refractivity contribution is 0.305. The van der Waals surface area contributed by atoms with Gasteiger partial charge in [0, 0.05) is 21.1 Å². The predicted octanol–water partition coefficient (Wildman–Crippen LogP) is 2.34. The van der Waals surface area contributed by atoms with Crippen LogP contribution in [0.3, 0.4) is 0 Å². The second kappa shape index (κ2) is 4.01. The van der Waals surface area contributed by atoms with E-state index in [1.165, 1.54) is 12.8 Å². The largest absolute Gasteiger partial charge is 0.488 e. The minimum Gasteiger partial charge on any atom is -0.488 e. The molecule has 0 aliphatic heterocycles. The zero-order valence-electron chi connectivity index (χ0n) is 9.58.